The number of aromatic nitrogens is 1. The lowest BCUT2D eigenvalue weighted by molar-refractivity contribution is -0.147. The molecule has 0 spiro atoms. The van der Waals surface area contributed by atoms with Crippen molar-refractivity contribution in [2.75, 3.05) is 18.1 Å². The zero-order chi connectivity index (χ0) is 20.9. The SMILES string of the molecule is O=C(CCN1C(=O)COc2ccccc21)OC(c1cccc(F)c1)c1ccccn1. The zero-order valence-corrected chi connectivity index (χ0v) is 16.0. The van der Waals surface area contributed by atoms with Crippen LogP contribution in [0.3, 0.4) is 0 Å². The Hall–Kier alpha value is -3.74. The van der Waals surface area contributed by atoms with Crippen LogP contribution in [-0.2, 0) is 14.3 Å². The minimum Gasteiger partial charge on any atom is -0.482 e. The summed E-state index contributed by atoms with van der Waals surface area (Å²) in [4.78, 5) is 30.7. The topological polar surface area (TPSA) is 68.7 Å². The van der Waals surface area contributed by atoms with Crippen LogP contribution >= 0.6 is 0 Å². The van der Waals surface area contributed by atoms with Gasteiger partial charge in [-0.15, -0.1) is 0 Å². The molecule has 0 saturated carbocycles. The number of hydrogen-bond donors (Lipinski definition) is 0. The van der Waals surface area contributed by atoms with Gasteiger partial charge in [-0.2, -0.15) is 0 Å². The van der Waals surface area contributed by atoms with Gasteiger partial charge in [-0.05, 0) is 36.4 Å². The lowest BCUT2D eigenvalue weighted by Gasteiger charge is -2.29. The minimum atomic E-state index is -0.845. The van der Waals surface area contributed by atoms with Gasteiger partial charge in [0.2, 0.25) is 0 Å². The number of carbonyl (C=O) groups is 2. The molecule has 152 valence electrons. The van der Waals surface area contributed by atoms with E-state index in [0.29, 0.717) is 22.7 Å². The molecule has 30 heavy (non-hydrogen) atoms. The number of fused-ring (bicyclic) bond motifs is 1. The van der Waals surface area contributed by atoms with E-state index in [2.05, 4.69) is 4.98 Å². The number of hydrogen-bond acceptors (Lipinski definition) is 5. The molecule has 0 fully saturated rings. The molecule has 2 heterocycles. The first-order chi connectivity index (χ1) is 14.6. The summed E-state index contributed by atoms with van der Waals surface area (Å²) in [5.41, 5.74) is 1.59. The third-order valence-corrected chi connectivity index (χ3v) is 4.70. The minimum absolute atomic E-state index is 0.0290. The van der Waals surface area contributed by atoms with Gasteiger partial charge in [0.15, 0.2) is 12.7 Å². The number of ether oxygens (including phenoxy) is 2. The average molecular weight is 406 g/mol. The first kappa shape index (κ1) is 19.6. The molecular weight excluding hydrogens is 387 g/mol. The Bertz CT molecular complexity index is 1060. The molecule has 7 heteroatoms. The van der Waals surface area contributed by atoms with Gasteiger partial charge in [-0.1, -0.05) is 30.3 Å². The van der Waals surface area contributed by atoms with Crippen molar-refractivity contribution in [1.82, 2.24) is 4.98 Å². The first-order valence-corrected chi connectivity index (χ1v) is 9.50. The standard InChI is InChI=1S/C23H19FN2O4/c24-17-7-5-6-16(14-17)23(18-8-3-4-12-25-18)30-22(28)11-13-26-19-9-1-2-10-20(19)29-15-21(26)27/h1-10,12,14,23H,11,13,15H2. The highest BCUT2D eigenvalue weighted by molar-refractivity contribution is 5.98. The van der Waals surface area contributed by atoms with Crippen molar-refractivity contribution in [2.45, 2.75) is 12.5 Å². The molecule has 1 unspecified atom stereocenters. The molecule has 0 aliphatic carbocycles. The first-order valence-electron chi connectivity index (χ1n) is 9.50. The number of amides is 1. The molecule has 0 bridgehead atoms. The van der Waals surface area contributed by atoms with E-state index in [0.717, 1.165) is 0 Å². The molecule has 0 saturated heterocycles. The number of nitrogens with zero attached hydrogens (tertiary/aromatic N) is 2. The van der Waals surface area contributed by atoms with Gasteiger partial charge in [0.25, 0.3) is 5.91 Å². The molecular formula is C23H19FN2O4. The number of anilines is 1. The van der Waals surface area contributed by atoms with Gasteiger partial charge in [0.05, 0.1) is 17.8 Å². The van der Waals surface area contributed by atoms with Crippen LogP contribution in [0, 0.1) is 5.82 Å². The van der Waals surface area contributed by atoms with Crippen molar-refractivity contribution in [2.24, 2.45) is 0 Å². The van der Waals surface area contributed by atoms with Gasteiger partial charge in [-0.3, -0.25) is 14.6 Å². The van der Waals surface area contributed by atoms with Gasteiger partial charge in [0.1, 0.15) is 11.6 Å². The van der Waals surface area contributed by atoms with Crippen molar-refractivity contribution >= 4 is 17.6 Å². The summed E-state index contributed by atoms with van der Waals surface area (Å²) in [6.45, 7) is 0.0715. The molecule has 1 aliphatic heterocycles. The van der Waals surface area contributed by atoms with Crippen LogP contribution in [0.2, 0.25) is 0 Å². The Morgan fingerprint density at radius 1 is 1.13 bits per heavy atom. The third kappa shape index (κ3) is 4.30. The van der Waals surface area contributed by atoms with Gasteiger partial charge < -0.3 is 14.4 Å². The van der Waals surface area contributed by atoms with E-state index in [1.807, 2.05) is 6.07 Å². The van der Waals surface area contributed by atoms with Crippen LogP contribution in [-0.4, -0.2) is 30.0 Å². The van der Waals surface area contributed by atoms with E-state index in [4.69, 9.17) is 9.47 Å². The number of pyridine rings is 1. The van der Waals surface area contributed by atoms with E-state index < -0.39 is 17.9 Å². The summed E-state index contributed by atoms with van der Waals surface area (Å²) in [5, 5.41) is 0. The summed E-state index contributed by atoms with van der Waals surface area (Å²) in [6, 6.07) is 18.2. The molecule has 0 radical (unpaired) electrons. The quantitative estimate of drug-likeness (QED) is 0.585. The van der Waals surface area contributed by atoms with E-state index in [1.54, 1.807) is 54.7 Å². The number of rotatable bonds is 6. The van der Waals surface area contributed by atoms with Crippen molar-refractivity contribution in [3.8, 4) is 5.75 Å². The second-order valence-electron chi connectivity index (χ2n) is 6.73. The van der Waals surface area contributed by atoms with Crippen molar-refractivity contribution in [3.05, 3.63) is 90.0 Å². The maximum Gasteiger partial charge on any atom is 0.308 e. The highest BCUT2D eigenvalue weighted by Crippen LogP contribution is 2.32. The lowest BCUT2D eigenvalue weighted by atomic mass is 10.1. The Morgan fingerprint density at radius 2 is 1.97 bits per heavy atom. The number of benzene rings is 2. The molecule has 1 aliphatic rings. The molecule has 2 aromatic carbocycles. The van der Waals surface area contributed by atoms with Crippen LogP contribution in [0.15, 0.2) is 72.9 Å². The smallest absolute Gasteiger partial charge is 0.308 e. The molecule has 6 nitrogen and oxygen atoms in total. The summed E-state index contributed by atoms with van der Waals surface area (Å²) < 4.78 is 24.8. The van der Waals surface area contributed by atoms with Crippen LogP contribution < -0.4 is 9.64 Å². The van der Waals surface area contributed by atoms with Crippen LogP contribution in [0.5, 0.6) is 5.75 Å². The predicted octanol–water partition coefficient (Wildman–Crippen LogP) is 3.67. The fourth-order valence-corrected chi connectivity index (χ4v) is 3.29. The summed E-state index contributed by atoms with van der Waals surface area (Å²) in [5.74, 6) is -0.587. The monoisotopic (exact) mass is 406 g/mol. The summed E-state index contributed by atoms with van der Waals surface area (Å²) in [6.07, 6.45) is 0.708. The molecule has 1 aromatic heterocycles. The van der Waals surface area contributed by atoms with E-state index in [1.165, 1.54) is 17.0 Å². The summed E-state index contributed by atoms with van der Waals surface area (Å²) >= 11 is 0. The number of halogens is 1. The van der Waals surface area contributed by atoms with Crippen molar-refractivity contribution < 1.29 is 23.5 Å². The number of esters is 1. The van der Waals surface area contributed by atoms with Gasteiger partial charge in [0, 0.05) is 18.3 Å². The number of carbonyl (C=O) groups excluding carboxylic acids is 2. The fraction of sp³-hybridized carbons (Fsp3) is 0.174. The van der Waals surface area contributed by atoms with Gasteiger partial charge >= 0.3 is 5.97 Å². The zero-order valence-electron chi connectivity index (χ0n) is 16.0. The number of para-hydroxylation sites is 2. The maximum absolute atomic E-state index is 13.7. The van der Waals surface area contributed by atoms with Crippen molar-refractivity contribution in [1.29, 1.82) is 0 Å². The van der Waals surface area contributed by atoms with Crippen LogP contribution in [0.1, 0.15) is 23.8 Å². The largest absolute Gasteiger partial charge is 0.482 e. The second kappa shape index (κ2) is 8.73. The third-order valence-electron chi connectivity index (χ3n) is 4.70. The highest BCUT2D eigenvalue weighted by Gasteiger charge is 2.27. The highest BCUT2D eigenvalue weighted by atomic mass is 19.1. The molecule has 0 N–H and O–H groups in total. The maximum atomic E-state index is 13.7. The second-order valence-corrected chi connectivity index (χ2v) is 6.73. The Kier molecular flexibility index (Phi) is 5.70. The van der Waals surface area contributed by atoms with E-state index in [9.17, 15) is 14.0 Å². The van der Waals surface area contributed by atoms with Crippen LogP contribution in [0.25, 0.3) is 0 Å². The Labute approximate surface area is 172 Å². The molecule has 3 aromatic rings. The van der Waals surface area contributed by atoms with Gasteiger partial charge in [-0.25, -0.2) is 4.39 Å². The van der Waals surface area contributed by atoms with Crippen LogP contribution in [0.4, 0.5) is 10.1 Å². The Balaban J connectivity index is 1.49. The van der Waals surface area contributed by atoms with E-state index in [-0.39, 0.29) is 25.5 Å². The molecule has 1 atom stereocenters. The predicted molar refractivity (Wildman–Crippen MR) is 107 cm³/mol. The Morgan fingerprint density at radius 3 is 2.77 bits per heavy atom. The van der Waals surface area contributed by atoms with E-state index >= 15 is 0 Å². The normalized spacial score (nSPS) is 13.9. The molecule has 1 amide bonds. The average Bonchev–Trinajstić information content (AvgIpc) is 2.77. The summed E-state index contributed by atoms with van der Waals surface area (Å²) in [7, 11) is 0. The lowest BCUT2D eigenvalue weighted by Crippen LogP contribution is -2.40. The molecule has 4 rings (SSSR count). The van der Waals surface area contributed by atoms with Crippen molar-refractivity contribution in [3.63, 3.8) is 0 Å². The fourth-order valence-electron chi connectivity index (χ4n) is 3.29.